The molecular formula is C8H13N3O3S. The summed E-state index contributed by atoms with van der Waals surface area (Å²) in [4.78, 5) is 0.271. The molecule has 0 saturated carbocycles. The fraction of sp³-hybridized carbons (Fsp3) is 0.625. The molecular weight excluding hydrogens is 218 g/mol. The van der Waals surface area contributed by atoms with Gasteiger partial charge in [0, 0.05) is 6.54 Å². The smallest absolute Gasteiger partial charge is 0.248 e. The molecule has 0 unspecified atom stereocenters. The predicted molar refractivity (Wildman–Crippen MR) is 52.8 cm³/mol. The van der Waals surface area contributed by atoms with Crippen LogP contribution in [-0.4, -0.2) is 42.8 Å². The number of aromatic amines is 1. The zero-order valence-corrected chi connectivity index (χ0v) is 9.47. The second kappa shape index (κ2) is 3.58. The number of H-pyrrole nitrogens is 1. The number of nitrogens with one attached hydrogen (secondary N) is 1. The highest BCUT2D eigenvalue weighted by atomic mass is 32.2. The minimum absolute atomic E-state index is 0.131. The second-order valence-corrected chi connectivity index (χ2v) is 5.36. The number of ether oxygens (including phenoxy) is 1. The highest BCUT2D eigenvalue weighted by Crippen LogP contribution is 2.22. The van der Waals surface area contributed by atoms with Gasteiger partial charge < -0.3 is 4.74 Å². The fourth-order valence-electron chi connectivity index (χ4n) is 1.64. The molecule has 2 rings (SSSR count). The van der Waals surface area contributed by atoms with Crippen LogP contribution in [0, 0.1) is 13.8 Å². The summed E-state index contributed by atoms with van der Waals surface area (Å²) in [6, 6.07) is 0. The molecule has 1 saturated heterocycles. The van der Waals surface area contributed by atoms with E-state index < -0.39 is 10.0 Å². The van der Waals surface area contributed by atoms with E-state index in [-0.39, 0.29) is 11.6 Å². The van der Waals surface area contributed by atoms with Gasteiger partial charge in [-0.05, 0) is 13.8 Å². The summed E-state index contributed by atoms with van der Waals surface area (Å²) in [5, 5.41) is 6.55. The first kappa shape index (κ1) is 10.6. The molecule has 1 aromatic heterocycles. The topological polar surface area (TPSA) is 75.3 Å². The quantitative estimate of drug-likeness (QED) is 0.777. The average molecular weight is 231 g/mol. The Balaban J connectivity index is 2.45. The largest absolute Gasteiger partial charge is 0.364 e. The summed E-state index contributed by atoms with van der Waals surface area (Å²) in [6.07, 6.45) is 0. The van der Waals surface area contributed by atoms with E-state index in [0.29, 0.717) is 24.5 Å². The number of aromatic nitrogens is 2. The number of hydrogen-bond donors (Lipinski definition) is 1. The van der Waals surface area contributed by atoms with Gasteiger partial charge in [0.15, 0.2) is 0 Å². The molecule has 0 bridgehead atoms. The number of aryl methyl sites for hydroxylation is 2. The summed E-state index contributed by atoms with van der Waals surface area (Å²) in [5.41, 5.74) is 1.07. The third kappa shape index (κ3) is 1.66. The zero-order chi connectivity index (χ0) is 11.1. The van der Waals surface area contributed by atoms with Gasteiger partial charge in [-0.2, -0.15) is 9.40 Å². The van der Waals surface area contributed by atoms with Crippen LogP contribution in [0.4, 0.5) is 0 Å². The van der Waals surface area contributed by atoms with Crippen molar-refractivity contribution in [2.24, 2.45) is 0 Å². The van der Waals surface area contributed by atoms with E-state index in [4.69, 9.17) is 4.74 Å². The van der Waals surface area contributed by atoms with Gasteiger partial charge in [0.2, 0.25) is 10.0 Å². The van der Waals surface area contributed by atoms with Crippen LogP contribution in [0.15, 0.2) is 4.90 Å². The minimum Gasteiger partial charge on any atom is -0.364 e. The Labute approximate surface area is 88.3 Å². The Bertz CT molecular complexity index is 440. The van der Waals surface area contributed by atoms with Crippen LogP contribution in [-0.2, 0) is 14.8 Å². The molecule has 15 heavy (non-hydrogen) atoms. The molecule has 84 valence electrons. The lowest BCUT2D eigenvalue weighted by atomic mass is 10.4. The standard InChI is InChI=1S/C8H13N3O3S/c1-6-8(7(2)10-9-6)15(12,13)11-3-4-14-5-11/h3-5H2,1-2H3,(H,9,10). The maximum Gasteiger partial charge on any atom is 0.248 e. The molecule has 1 aromatic rings. The van der Waals surface area contributed by atoms with Crippen molar-refractivity contribution in [1.29, 1.82) is 0 Å². The fourth-order valence-corrected chi connectivity index (χ4v) is 3.27. The Morgan fingerprint density at radius 1 is 1.47 bits per heavy atom. The van der Waals surface area contributed by atoms with Crippen molar-refractivity contribution >= 4 is 10.0 Å². The Morgan fingerprint density at radius 3 is 2.67 bits per heavy atom. The first-order valence-electron chi connectivity index (χ1n) is 4.63. The summed E-state index contributed by atoms with van der Waals surface area (Å²) < 4.78 is 30.6. The minimum atomic E-state index is -3.44. The molecule has 2 heterocycles. The first-order valence-corrected chi connectivity index (χ1v) is 6.07. The van der Waals surface area contributed by atoms with Gasteiger partial charge in [0.1, 0.15) is 11.6 Å². The van der Waals surface area contributed by atoms with E-state index in [2.05, 4.69) is 10.2 Å². The van der Waals surface area contributed by atoms with E-state index in [1.165, 1.54) is 4.31 Å². The molecule has 0 spiro atoms. The Hall–Kier alpha value is -0.920. The second-order valence-electron chi connectivity index (χ2n) is 3.48. The van der Waals surface area contributed by atoms with Crippen LogP contribution in [0.2, 0.25) is 0 Å². The van der Waals surface area contributed by atoms with Gasteiger partial charge in [-0.1, -0.05) is 0 Å². The maximum atomic E-state index is 12.1. The third-order valence-corrected chi connectivity index (χ3v) is 4.46. The number of nitrogens with zero attached hydrogens (tertiary/aromatic N) is 2. The van der Waals surface area contributed by atoms with Crippen molar-refractivity contribution in [2.45, 2.75) is 18.7 Å². The van der Waals surface area contributed by atoms with Crippen LogP contribution in [0.5, 0.6) is 0 Å². The van der Waals surface area contributed by atoms with Crippen molar-refractivity contribution < 1.29 is 13.2 Å². The van der Waals surface area contributed by atoms with Crippen LogP contribution in [0.1, 0.15) is 11.4 Å². The number of hydrogen-bond acceptors (Lipinski definition) is 4. The van der Waals surface area contributed by atoms with E-state index >= 15 is 0 Å². The lowest BCUT2D eigenvalue weighted by Gasteiger charge is -2.13. The average Bonchev–Trinajstić information content (AvgIpc) is 2.75. The van der Waals surface area contributed by atoms with Crippen LogP contribution in [0.25, 0.3) is 0 Å². The van der Waals surface area contributed by atoms with Crippen molar-refractivity contribution in [1.82, 2.24) is 14.5 Å². The van der Waals surface area contributed by atoms with Crippen LogP contribution in [0.3, 0.4) is 0 Å². The lowest BCUT2D eigenvalue weighted by Crippen LogP contribution is -2.29. The summed E-state index contributed by atoms with van der Waals surface area (Å²) in [7, 11) is -3.44. The molecule has 0 atom stereocenters. The molecule has 7 heteroatoms. The van der Waals surface area contributed by atoms with Crippen molar-refractivity contribution in [2.75, 3.05) is 19.9 Å². The highest BCUT2D eigenvalue weighted by Gasteiger charge is 2.31. The van der Waals surface area contributed by atoms with Crippen molar-refractivity contribution in [3.63, 3.8) is 0 Å². The number of rotatable bonds is 2. The number of sulfonamides is 1. The monoisotopic (exact) mass is 231 g/mol. The molecule has 1 aliphatic rings. The van der Waals surface area contributed by atoms with Gasteiger partial charge in [-0.3, -0.25) is 5.10 Å². The summed E-state index contributed by atoms with van der Waals surface area (Å²) >= 11 is 0. The van der Waals surface area contributed by atoms with E-state index in [0.717, 1.165) is 0 Å². The molecule has 1 fully saturated rings. The maximum absolute atomic E-state index is 12.1. The van der Waals surface area contributed by atoms with E-state index in [1.807, 2.05) is 0 Å². The van der Waals surface area contributed by atoms with Crippen LogP contribution < -0.4 is 0 Å². The molecule has 1 aliphatic heterocycles. The SMILES string of the molecule is Cc1n[nH]c(C)c1S(=O)(=O)N1CCOC1. The van der Waals surface area contributed by atoms with Gasteiger partial charge in [0.25, 0.3) is 0 Å². The van der Waals surface area contributed by atoms with Gasteiger partial charge in [-0.25, -0.2) is 8.42 Å². The van der Waals surface area contributed by atoms with Crippen LogP contribution >= 0.6 is 0 Å². The van der Waals surface area contributed by atoms with Crippen molar-refractivity contribution in [3.8, 4) is 0 Å². The Kier molecular flexibility index (Phi) is 2.53. The highest BCUT2D eigenvalue weighted by molar-refractivity contribution is 7.89. The lowest BCUT2D eigenvalue weighted by molar-refractivity contribution is 0.172. The molecule has 0 amide bonds. The summed E-state index contributed by atoms with van der Waals surface area (Å²) in [6.45, 7) is 4.37. The first-order chi connectivity index (χ1) is 7.03. The molecule has 0 aromatic carbocycles. The van der Waals surface area contributed by atoms with Crippen molar-refractivity contribution in [3.05, 3.63) is 11.4 Å². The van der Waals surface area contributed by atoms with E-state index in [9.17, 15) is 8.42 Å². The third-order valence-electron chi connectivity index (χ3n) is 2.38. The molecule has 0 radical (unpaired) electrons. The van der Waals surface area contributed by atoms with E-state index in [1.54, 1.807) is 13.8 Å². The zero-order valence-electron chi connectivity index (χ0n) is 8.65. The normalized spacial score (nSPS) is 18.5. The summed E-state index contributed by atoms with van der Waals surface area (Å²) in [5.74, 6) is 0. The van der Waals surface area contributed by atoms with Gasteiger partial charge in [-0.15, -0.1) is 0 Å². The molecule has 6 nitrogen and oxygen atoms in total. The molecule has 0 aliphatic carbocycles. The predicted octanol–water partition coefficient (Wildman–Crippen LogP) is 0.00494. The van der Waals surface area contributed by atoms with Gasteiger partial charge in [0.05, 0.1) is 18.0 Å². The molecule has 1 N–H and O–H groups in total. The van der Waals surface area contributed by atoms with Gasteiger partial charge >= 0.3 is 0 Å². The Morgan fingerprint density at radius 2 is 2.20 bits per heavy atom.